The van der Waals surface area contributed by atoms with E-state index in [-0.39, 0.29) is 24.6 Å². The van der Waals surface area contributed by atoms with Crippen LogP contribution in [-0.2, 0) is 23.0 Å². The minimum absolute atomic E-state index is 0.0245. The van der Waals surface area contributed by atoms with Crippen LogP contribution in [0.5, 0.6) is 0 Å². The van der Waals surface area contributed by atoms with Crippen molar-refractivity contribution >= 4 is 17.6 Å². The van der Waals surface area contributed by atoms with Gasteiger partial charge in [-0.25, -0.2) is 4.79 Å². The second-order valence-corrected chi connectivity index (χ2v) is 4.03. The molecule has 0 spiro atoms. The van der Waals surface area contributed by atoms with Gasteiger partial charge in [0.05, 0.1) is 17.8 Å². The summed E-state index contributed by atoms with van der Waals surface area (Å²) < 4.78 is 6.43. The number of aryl methyl sites for hydroxylation is 2. The molecule has 0 radical (unpaired) electrons. The molecular formula is C12H20N4O3. The molecule has 106 valence electrons. The Morgan fingerprint density at radius 1 is 1.42 bits per heavy atom. The predicted molar refractivity (Wildman–Crippen MR) is 70.6 cm³/mol. The maximum atomic E-state index is 11.9. The van der Waals surface area contributed by atoms with Crippen LogP contribution in [0.2, 0.25) is 0 Å². The fraction of sp³-hybridized carbons (Fsp3) is 0.583. The van der Waals surface area contributed by atoms with Crippen LogP contribution in [-0.4, -0.2) is 34.8 Å². The number of hydrogen-bond donors (Lipinski definition) is 2. The Labute approximate surface area is 112 Å². The number of nitrogen functional groups attached to an aromatic ring is 1. The first kappa shape index (κ1) is 15.0. The number of hydrogen-bond acceptors (Lipinski definition) is 5. The zero-order valence-corrected chi connectivity index (χ0v) is 11.5. The molecule has 0 atom stereocenters. The third kappa shape index (κ3) is 3.70. The molecule has 0 saturated heterocycles. The molecule has 0 bridgehead atoms. The van der Waals surface area contributed by atoms with E-state index in [0.29, 0.717) is 24.3 Å². The number of rotatable bonds is 6. The largest absolute Gasteiger partial charge is 0.460 e. The van der Waals surface area contributed by atoms with E-state index in [9.17, 15) is 9.59 Å². The molecule has 0 fully saturated rings. The minimum atomic E-state index is -0.559. The molecule has 3 N–H and O–H groups in total. The normalized spacial score (nSPS) is 10.3. The van der Waals surface area contributed by atoms with Crippen molar-refractivity contribution in [1.29, 1.82) is 0 Å². The van der Waals surface area contributed by atoms with Crippen LogP contribution in [0.4, 0.5) is 5.69 Å². The molecule has 1 amide bonds. The van der Waals surface area contributed by atoms with Gasteiger partial charge in [-0.05, 0) is 13.3 Å². The monoisotopic (exact) mass is 268 g/mol. The van der Waals surface area contributed by atoms with Crippen LogP contribution in [0.25, 0.3) is 0 Å². The standard InChI is InChI=1S/C12H20N4O3/c1-4-8-10(13)11(16(3)15-8)12(18)19-7-6-9(17)14-5-2/h4-7,13H2,1-3H3,(H,14,17). The third-order valence-corrected chi connectivity index (χ3v) is 2.62. The Balaban J connectivity index is 2.59. The van der Waals surface area contributed by atoms with E-state index in [1.165, 1.54) is 4.68 Å². The zero-order chi connectivity index (χ0) is 14.4. The molecular weight excluding hydrogens is 248 g/mol. The van der Waals surface area contributed by atoms with Crippen LogP contribution in [0.1, 0.15) is 36.5 Å². The number of carbonyl (C=O) groups is 2. The summed E-state index contributed by atoms with van der Waals surface area (Å²) in [5.74, 6) is -0.709. The Hall–Kier alpha value is -2.05. The van der Waals surface area contributed by atoms with Crippen molar-refractivity contribution in [3.8, 4) is 0 Å². The fourth-order valence-corrected chi connectivity index (χ4v) is 1.69. The first-order chi connectivity index (χ1) is 9.01. The molecule has 0 aromatic carbocycles. The number of nitrogens with zero attached hydrogens (tertiary/aromatic N) is 2. The van der Waals surface area contributed by atoms with Gasteiger partial charge in [-0.2, -0.15) is 5.10 Å². The number of aromatic nitrogens is 2. The number of nitrogens with one attached hydrogen (secondary N) is 1. The van der Waals surface area contributed by atoms with Gasteiger partial charge in [-0.1, -0.05) is 6.92 Å². The first-order valence-corrected chi connectivity index (χ1v) is 6.26. The fourth-order valence-electron chi connectivity index (χ4n) is 1.69. The van der Waals surface area contributed by atoms with Gasteiger partial charge < -0.3 is 15.8 Å². The summed E-state index contributed by atoms with van der Waals surface area (Å²) in [6.07, 6.45) is 0.782. The number of amides is 1. The molecule has 1 aromatic heterocycles. The summed E-state index contributed by atoms with van der Waals surface area (Å²) in [6, 6.07) is 0. The first-order valence-electron chi connectivity index (χ1n) is 6.26. The molecule has 0 aliphatic rings. The van der Waals surface area contributed by atoms with E-state index in [1.54, 1.807) is 7.05 Å². The van der Waals surface area contributed by atoms with Crippen LogP contribution in [0.3, 0.4) is 0 Å². The van der Waals surface area contributed by atoms with Gasteiger partial charge in [-0.3, -0.25) is 9.48 Å². The summed E-state index contributed by atoms with van der Waals surface area (Å²) in [5.41, 5.74) is 7.07. The third-order valence-electron chi connectivity index (χ3n) is 2.62. The highest BCUT2D eigenvalue weighted by molar-refractivity contribution is 5.94. The summed E-state index contributed by atoms with van der Waals surface area (Å²) in [6.45, 7) is 4.31. The molecule has 1 heterocycles. The SMILES string of the molecule is CCNC(=O)CCOC(=O)c1c(N)c(CC)nn1C. The molecule has 7 heteroatoms. The van der Waals surface area contributed by atoms with Gasteiger partial charge in [0.1, 0.15) is 6.61 Å². The van der Waals surface area contributed by atoms with Crippen LogP contribution >= 0.6 is 0 Å². The van der Waals surface area contributed by atoms with Crippen LogP contribution in [0.15, 0.2) is 0 Å². The van der Waals surface area contributed by atoms with Crippen molar-refractivity contribution in [2.45, 2.75) is 26.7 Å². The lowest BCUT2D eigenvalue weighted by atomic mass is 10.2. The molecule has 1 rings (SSSR count). The lowest BCUT2D eigenvalue weighted by Crippen LogP contribution is -2.24. The van der Waals surface area contributed by atoms with Crippen molar-refractivity contribution in [3.05, 3.63) is 11.4 Å². The van der Waals surface area contributed by atoms with E-state index < -0.39 is 5.97 Å². The minimum Gasteiger partial charge on any atom is -0.460 e. The molecule has 19 heavy (non-hydrogen) atoms. The van der Waals surface area contributed by atoms with Crippen LogP contribution in [0, 0.1) is 0 Å². The van der Waals surface area contributed by atoms with Gasteiger partial charge >= 0.3 is 5.97 Å². The Kier molecular flexibility index (Phi) is 5.35. The summed E-state index contributed by atoms with van der Waals surface area (Å²) >= 11 is 0. The number of esters is 1. The van der Waals surface area contributed by atoms with Gasteiger partial charge in [0.15, 0.2) is 5.69 Å². The highest BCUT2D eigenvalue weighted by Crippen LogP contribution is 2.17. The van der Waals surface area contributed by atoms with Gasteiger partial charge in [0, 0.05) is 13.6 Å². The average molecular weight is 268 g/mol. The van der Waals surface area contributed by atoms with E-state index in [2.05, 4.69) is 10.4 Å². The van der Waals surface area contributed by atoms with Crippen molar-refractivity contribution < 1.29 is 14.3 Å². The number of nitrogens with two attached hydrogens (primary N) is 1. The van der Waals surface area contributed by atoms with E-state index in [1.807, 2.05) is 13.8 Å². The maximum absolute atomic E-state index is 11.9. The number of ether oxygens (including phenoxy) is 1. The summed E-state index contributed by atoms with van der Waals surface area (Å²) in [5, 5.41) is 6.76. The lowest BCUT2D eigenvalue weighted by molar-refractivity contribution is -0.121. The zero-order valence-electron chi connectivity index (χ0n) is 11.5. The molecule has 0 saturated carbocycles. The smallest absolute Gasteiger partial charge is 0.358 e. The highest BCUT2D eigenvalue weighted by Gasteiger charge is 2.20. The van der Waals surface area contributed by atoms with Crippen molar-refractivity contribution in [2.75, 3.05) is 18.9 Å². The molecule has 7 nitrogen and oxygen atoms in total. The highest BCUT2D eigenvalue weighted by atomic mass is 16.5. The van der Waals surface area contributed by atoms with E-state index in [4.69, 9.17) is 10.5 Å². The maximum Gasteiger partial charge on any atom is 0.358 e. The summed E-state index contributed by atoms with van der Waals surface area (Å²) in [4.78, 5) is 23.1. The second kappa shape index (κ2) is 6.77. The van der Waals surface area contributed by atoms with Gasteiger partial charge in [0.2, 0.25) is 5.91 Å². The van der Waals surface area contributed by atoms with Gasteiger partial charge in [0.25, 0.3) is 0 Å². The van der Waals surface area contributed by atoms with Crippen molar-refractivity contribution in [2.24, 2.45) is 7.05 Å². The molecule has 0 aliphatic carbocycles. The van der Waals surface area contributed by atoms with E-state index in [0.717, 1.165) is 0 Å². The van der Waals surface area contributed by atoms with Gasteiger partial charge in [-0.15, -0.1) is 0 Å². The number of carbonyl (C=O) groups excluding carboxylic acids is 2. The Morgan fingerprint density at radius 2 is 2.11 bits per heavy atom. The van der Waals surface area contributed by atoms with E-state index >= 15 is 0 Å². The number of anilines is 1. The van der Waals surface area contributed by atoms with Crippen molar-refractivity contribution in [3.63, 3.8) is 0 Å². The quantitative estimate of drug-likeness (QED) is 0.720. The Bertz CT molecular complexity index is 468. The van der Waals surface area contributed by atoms with Crippen molar-refractivity contribution in [1.82, 2.24) is 15.1 Å². The Morgan fingerprint density at radius 3 is 2.63 bits per heavy atom. The molecule has 0 unspecified atom stereocenters. The average Bonchev–Trinajstić information content (AvgIpc) is 2.64. The lowest BCUT2D eigenvalue weighted by Gasteiger charge is -2.06. The molecule has 0 aliphatic heterocycles. The second-order valence-electron chi connectivity index (χ2n) is 4.03. The topological polar surface area (TPSA) is 99.2 Å². The predicted octanol–water partition coefficient (Wildman–Crippen LogP) is 0.248. The van der Waals surface area contributed by atoms with Crippen LogP contribution < -0.4 is 11.1 Å². The summed E-state index contributed by atoms with van der Waals surface area (Å²) in [7, 11) is 1.63. The molecule has 1 aromatic rings.